The lowest BCUT2D eigenvalue weighted by molar-refractivity contribution is -0.0611. The first-order valence-electron chi connectivity index (χ1n) is 8.06. The summed E-state index contributed by atoms with van der Waals surface area (Å²) in [6, 6.07) is 9.42. The Morgan fingerprint density at radius 3 is 2.48 bits per heavy atom. The van der Waals surface area contributed by atoms with Gasteiger partial charge in [-0.15, -0.1) is 0 Å². The molecule has 1 aromatic rings. The molecule has 2 atom stereocenters. The fourth-order valence-electron chi connectivity index (χ4n) is 2.97. The van der Waals surface area contributed by atoms with Gasteiger partial charge >= 0.3 is 0 Å². The molecular weight excluding hydrogens is 260 g/mol. The summed E-state index contributed by atoms with van der Waals surface area (Å²) in [6.45, 7) is 12.6. The molecule has 1 aromatic carbocycles. The number of hydrogen-bond acceptors (Lipinski definition) is 3. The summed E-state index contributed by atoms with van der Waals surface area (Å²) in [6.07, 6.45) is 0.226. The van der Waals surface area contributed by atoms with Crippen LogP contribution in [0, 0.1) is 0 Å². The minimum atomic E-state index is 0.205. The second kappa shape index (κ2) is 6.91. The molecule has 0 aromatic heterocycles. The van der Waals surface area contributed by atoms with Crippen molar-refractivity contribution in [3.05, 3.63) is 35.4 Å². The maximum absolute atomic E-state index is 6.01. The van der Waals surface area contributed by atoms with E-state index in [1.54, 1.807) is 0 Å². The van der Waals surface area contributed by atoms with Crippen molar-refractivity contribution in [2.75, 3.05) is 33.3 Å². The smallest absolute Gasteiger partial charge is 0.0896 e. The van der Waals surface area contributed by atoms with Crippen LogP contribution in [0.25, 0.3) is 0 Å². The molecule has 0 spiro atoms. The Morgan fingerprint density at radius 1 is 1.24 bits per heavy atom. The van der Waals surface area contributed by atoms with E-state index in [1.165, 1.54) is 11.1 Å². The number of ether oxygens (including phenoxy) is 1. The number of hydrogen-bond donors (Lipinski definition) is 1. The summed E-state index contributed by atoms with van der Waals surface area (Å²) in [7, 11) is 2.20. The van der Waals surface area contributed by atoms with Crippen molar-refractivity contribution < 1.29 is 4.74 Å². The highest BCUT2D eigenvalue weighted by molar-refractivity contribution is 5.30. The highest BCUT2D eigenvalue weighted by Crippen LogP contribution is 2.30. The van der Waals surface area contributed by atoms with E-state index in [4.69, 9.17) is 4.74 Å². The Bertz CT molecular complexity index is 436. The molecule has 1 aliphatic rings. The van der Waals surface area contributed by atoms with Crippen molar-refractivity contribution in [3.63, 3.8) is 0 Å². The van der Waals surface area contributed by atoms with Crippen molar-refractivity contribution in [1.29, 1.82) is 0 Å². The van der Waals surface area contributed by atoms with E-state index in [9.17, 15) is 0 Å². The van der Waals surface area contributed by atoms with Gasteiger partial charge in [-0.3, -0.25) is 4.90 Å². The lowest BCUT2D eigenvalue weighted by atomic mass is 9.85. The molecule has 1 aliphatic heterocycles. The van der Waals surface area contributed by atoms with Crippen LogP contribution >= 0.6 is 0 Å². The fourth-order valence-corrected chi connectivity index (χ4v) is 2.97. The number of morpholine rings is 1. The zero-order valence-corrected chi connectivity index (χ0v) is 14.1. The van der Waals surface area contributed by atoms with Gasteiger partial charge in [0.1, 0.15) is 0 Å². The van der Waals surface area contributed by atoms with Crippen LogP contribution in [-0.4, -0.2) is 44.3 Å². The Balaban J connectivity index is 2.19. The Labute approximate surface area is 129 Å². The Kier molecular flexibility index (Phi) is 5.42. The van der Waals surface area contributed by atoms with Gasteiger partial charge in [-0.25, -0.2) is 0 Å². The van der Waals surface area contributed by atoms with Crippen LogP contribution < -0.4 is 5.32 Å². The van der Waals surface area contributed by atoms with E-state index in [1.807, 2.05) is 0 Å². The van der Waals surface area contributed by atoms with Gasteiger partial charge in [0.25, 0.3) is 0 Å². The van der Waals surface area contributed by atoms with Crippen molar-refractivity contribution in [2.45, 2.75) is 45.3 Å². The maximum atomic E-state index is 6.01. The van der Waals surface area contributed by atoms with E-state index >= 15 is 0 Å². The average Bonchev–Trinajstić information content (AvgIpc) is 2.44. The van der Waals surface area contributed by atoms with Gasteiger partial charge in [-0.1, -0.05) is 52.0 Å². The third kappa shape index (κ3) is 4.06. The van der Waals surface area contributed by atoms with Crippen LogP contribution in [0.2, 0.25) is 0 Å². The zero-order chi connectivity index (χ0) is 15.5. The molecule has 0 bridgehead atoms. The third-order valence-electron chi connectivity index (χ3n) is 4.32. The summed E-state index contributed by atoms with van der Waals surface area (Å²) in [5.74, 6) is 0. The van der Waals surface area contributed by atoms with E-state index < -0.39 is 0 Å². The molecule has 1 fully saturated rings. The van der Waals surface area contributed by atoms with Crippen molar-refractivity contribution >= 4 is 0 Å². The molecule has 0 radical (unpaired) electrons. The molecular formula is C18H30N2O. The predicted molar refractivity (Wildman–Crippen MR) is 88.8 cm³/mol. The maximum Gasteiger partial charge on any atom is 0.0896 e. The molecule has 21 heavy (non-hydrogen) atoms. The molecule has 1 heterocycles. The van der Waals surface area contributed by atoms with Crippen LogP contribution in [0.1, 0.15) is 44.9 Å². The first-order chi connectivity index (χ1) is 9.93. The largest absolute Gasteiger partial charge is 0.374 e. The molecule has 1 N–H and O–H groups in total. The van der Waals surface area contributed by atoms with Crippen molar-refractivity contribution in [2.24, 2.45) is 0 Å². The van der Waals surface area contributed by atoms with Crippen molar-refractivity contribution in [1.82, 2.24) is 10.2 Å². The first-order valence-corrected chi connectivity index (χ1v) is 8.06. The van der Waals surface area contributed by atoms with Gasteiger partial charge < -0.3 is 10.1 Å². The van der Waals surface area contributed by atoms with Gasteiger partial charge in [0.15, 0.2) is 0 Å². The van der Waals surface area contributed by atoms with Crippen LogP contribution in [0.3, 0.4) is 0 Å². The van der Waals surface area contributed by atoms with E-state index in [-0.39, 0.29) is 11.5 Å². The van der Waals surface area contributed by atoms with Gasteiger partial charge in [-0.05, 0) is 30.1 Å². The SMILES string of the molecule is CCNCC1OCCN(C)C1c1ccc(C(C)(C)C)cc1. The van der Waals surface area contributed by atoms with Crippen LogP contribution in [0.5, 0.6) is 0 Å². The Hall–Kier alpha value is -0.900. The fraction of sp³-hybridized carbons (Fsp3) is 0.667. The lowest BCUT2D eigenvalue weighted by Crippen LogP contribution is -2.47. The van der Waals surface area contributed by atoms with E-state index in [0.717, 1.165) is 26.2 Å². The zero-order valence-electron chi connectivity index (χ0n) is 14.1. The summed E-state index contributed by atoms with van der Waals surface area (Å²) < 4.78 is 6.01. The molecule has 118 valence electrons. The molecule has 0 aliphatic carbocycles. The minimum Gasteiger partial charge on any atom is -0.374 e. The lowest BCUT2D eigenvalue weighted by Gasteiger charge is -2.39. The number of nitrogens with one attached hydrogen (secondary N) is 1. The molecule has 3 nitrogen and oxygen atoms in total. The average molecular weight is 290 g/mol. The number of nitrogens with zero attached hydrogens (tertiary/aromatic N) is 1. The minimum absolute atomic E-state index is 0.205. The summed E-state index contributed by atoms with van der Waals surface area (Å²) in [5, 5.41) is 3.42. The summed E-state index contributed by atoms with van der Waals surface area (Å²) >= 11 is 0. The molecule has 1 saturated heterocycles. The monoisotopic (exact) mass is 290 g/mol. The predicted octanol–water partition coefficient (Wildman–Crippen LogP) is 2.97. The van der Waals surface area contributed by atoms with Crippen LogP contribution in [0.4, 0.5) is 0 Å². The first kappa shape index (κ1) is 16.5. The van der Waals surface area contributed by atoms with Gasteiger partial charge in [-0.2, -0.15) is 0 Å². The van der Waals surface area contributed by atoms with Crippen LogP contribution in [-0.2, 0) is 10.2 Å². The van der Waals surface area contributed by atoms with Gasteiger partial charge in [0, 0.05) is 13.1 Å². The topological polar surface area (TPSA) is 24.5 Å². The van der Waals surface area contributed by atoms with E-state index in [2.05, 4.69) is 69.2 Å². The highest BCUT2D eigenvalue weighted by Gasteiger charge is 2.31. The number of benzene rings is 1. The third-order valence-corrected chi connectivity index (χ3v) is 4.32. The number of likely N-dealkylation sites (N-methyl/N-ethyl adjacent to an activating group) is 2. The van der Waals surface area contributed by atoms with Gasteiger partial charge in [0.2, 0.25) is 0 Å². The molecule has 0 amide bonds. The van der Waals surface area contributed by atoms with E-state index in [0.29, 0.717) is 6.04 Å². The highest BCUT2D eigenvalue weighted by atomic mass is 16.5. The molecule has 3 heteroatoms. The summed E-state index contributed by atoms with van der Waals surface area (Å²) in [4.78, 5) is 2.41. The van der Waals surface area contributed by atoms with Crippen molar-refractivity contribution in [3.8, 4) is 0 Å². The molecule has 0 saturated carbocycles. The Morgan fingerprint density at radius 2 is 1.90 bits per heavy atom. The normalized spacial score (nSPS) is 24.2. The second-order valence-corrected chi connectivity index (χ2v) is 7.01. The molecule has 2 unspecified atom stereocenters. The number of rotatable bonds is 4. The van der Waals surface area contributed by atoms with Gasteiger partial charge in [0.05, 0.1) is 18.8 Å². The standard InChI is InChI=1S/C18H30N2O/c1-6-19-13-16-17(20(5)11-12-21-16)14-7-9-15(10-8-14)18(2,3)4/h7-10,16-17,19H,6,11-13H2,1-5H3. The quantitative estimate of drug-likeness (QED) is 0.922. The molecule has 2 rings (SSSR count). The van der Waals surface area contributed by atoms with Crippen LogP contribution in [0.15, 0.2) is 24.3 Å². The summed E-state index contributed by atoms with van der Waals surface area (Å²) in [5.41, 5.74) is 2.94. The second-order valence-electron chi connectivity index (χ2n) is 7.01.